The van der Waals surface area contributed by atoms with Crippen LogP contribution in [0.2, 0.25) is 0 Å². The molecule has 0 fully saturated rings. The van der Waals surface area contributed by atoms with Crippen LogP contribution in [0.4, 0.5) is 0 Å². The summed E-state index contributed by atoms with van der Waals surface area (Å²) in [6.07, 6.45) is 6.94. The van der Waals surface area contributed by atoms with Crippen molar-refractivity contribution in [1.29, 1.82) is 0 Å². The number of hydrogen-bond acceptors (Lipinski definition) is 0. The van der Waals surface area contributed by atoms with Crippen molar-refractivity contribution in [2.24, 2.45) is 0 Å². The quantitative estimate of drug-likeness (QED) is 0.201. The summed E-state index contributed by atoms with van der Waals surface area (Å²) >= 11 is 0. The summed E-state index contributed by atoms with van der Waals surface area (Å²) in [5, 5.41) is 2.60. The first kappa shape index (κ1) is 21.9. The number of aromatic nitrogens is 4. The molecule has 0 saturated heterocycles. The Bertz CT molecular complexity index is 2500. The van der Waals surface area contributed by atoms with E-state index in [2.05, 4.69) is 164 Å². The molecule has 0 saturated carbocycles. The van der Waals surface area contributed by atoms with E-state index >= 15 is 0 Å². The van der Waals surface area contributed by atoms with E-state index in [1.54, 1.807) is 0 Å². The highest BCUT2D eigenvalue weighted by atomic mass is 15.5. The molecule has 1 spiro atoms. The lowest BCUT2D eigenvalue weighted by Gasteiger charge is -2.24. The van der Waals surface area contributed by atoms with Crippen molar-refractivity contribution >= 4 is 21.8 Å². The molecule has 3 aliphatic heterocycles. The van der Waals surface area contributed by atoms with Gasteiger partial charge in [0.25, 0.3) is 0 Å². The van der Waals surface area contributed by atoms with Crippen LogP contribution in [-0.2, 0) is 5.66 Å². The van der Waals surface area contributed by atoms with Crippen molar-refractivity contribution in [3.8, 4) is 44.9 Å². The monoisotopic (exact) mass is 548 g/mol. The van der Waals surface area contributed by atoms with E-state index in [1.165, 1.54) is 77.8 Å². The van der Waals surface area contributed by atoms with Crippen molar-refractivity contribution in [2.45, 2.75) is 5.66 Å². The fourth-order valence-corrected chi connectivity index (χ4v) is 8.28. The number of fused-ring (bicyclic) bond motifs is 8. The van der Waals surface area contributed by atoms with Gasteiger partial charge in [0, 0.05) is 22.9 Å². The normalized spacial score (nSPS) is 16.5. The Balaban J connectivity index is 1.25. The highest BCUT2D eigenvalue weighted by Crippen LogP contribution is 2.54. The molecule has 1 unspecified atom stereocenters. The maximum Gasteiger partial charge on any atom is 0.444 e. The summed E-state index contributed by atoms with van der Waals surface area (Å²) in [4.78, 5) is 0. The van der Waals surface area contributed by atoms with Crippen molar-refractivity contribution < 1.29 is 9.25 Å². The van der Waals surface area contributed by atoms with Crippen molar-refractivity contribution in [3.05, 3.63) is 157 Å². The van der Waals surface area contributed by atoms with Crippen LogP contribution in [0.1, 0.15) is 11.1 Å². The van der Waals surface area contributed by atoms with E-state index in [0.717, 1.165) is 0 Å². The molecule has 43 heavy (non-hydrogen) atoms. The maximum absolute atomic E-state index is 2.52. The van der Waals surface area contributed by atoms with E-state index in [-0.39, 0.29) is 0 Å². The maximum atomic E-state index is 2.52. The van der Waals surface area contributed by atoms with E-state index in [4.69, 9.17) is 0 Å². The van der Waals surface area contributed by atoms with E-state index in [0.29, 0.717) is 0 Å². The van der Waals surface area contributed by atoms with Crippen LogP contribution >= 0.6 is 0 Å². The molecule has 5 aromatic carbocycles. The lowest BCUT2D eigenvalue weighted by atomic mass is 9.85. The third kappa shape index (κ3) is 2.40. The first-order valence-electron chi connectivity index (χ1n) is 14.9. The first-order valence-corrected chi connectivity index (χ1v) is 14.9. The molecular weight excluding hydrogens is 524 g/mol. The molecule has 0 aliphatic carbocycles. The number of rotatable bonds is 2. The zero-order valence-electron chi connectivity index (χ0n) is 23.1. The predicted octanol–water partition coefficient (Wildman–Crippen LogP) is 7.39. The molecule has 0 amide bonds. The van der Waals surface area contributed by atoms with Crippen molar-refractivity contribution in [1.82, 2.24) is 9.25 Å². The minimum absolute atomic E-state index is 0.524. The molecule has 11 rings (SSSR count). The Kier molecular flexibility index (Phi) is 3.75. The fraction of sp³-hybridized carbons (Fsp3) is 0.0256. The SMILES string of the molecule is c1ccc(-c2ccc(-c3cn4[n+](c3)C35c6c(cccc6-n6c7ccccc7c7ccc-4c3c76)-c3cccc[n+]35)cc2)cc1. The molecule has 6 heterocycles. The lowest BCUT2D eigenvalue weighted by Crippen LogP contribution is -2.73. The van der Waals surface area contributed by atoms with E-state index < -0.39 is 5.66 Å². The summed E-state index contributed by atoms with van der Waals surface area (Å²) in [6.45, 7) is 0. The van der Waals surface area contributed by atoms with Crippen LogP contribution in [-0.4, -0.2) is 9.25 Å². The second-order valence-electron chi connectivity index (χ2n) is 11.9. The van der Waals surface area contributed by atoms with Crippen LogP contribution in [0.15, 0.2) is 146 Å². The van der Waals surface area contributed by atoms with Crippen LogP contribution in [0.25, 0.3) is 66.7 Å². The van der Waals surface area contributed by atoms with Gasteiger partial charge in [-0.3, -0.25) is 0 Å². The van der Waals surface area contributed by atoms with Gasteiger partial charge in [-0.2, -0.15) is 0 Å². The largest absolute Gasteiger partial charge is 0.444 e. The molecular formula is C39H24N4+2. The van der Waals surface area contributed by atoms with Gasteiger partial charge in [0.2, 0.25) is 11.9 Å². The molecule has 4 heteroatoms. The Hall–Kier alpha value is -5.74. The van der Waals surface area contributed by atoms with Crippen molar-refractivity contribution in [2.75, 3.05) is 0 Å². The number of para-hydroxylation sites is 1. The van der Waals surface area contributed by atoms with E-state index in [9.17, 15) is 0 Å². The Morgan fingerprint density at radius 2 is 1.30 bits per heavy atom. The van der Waals surface area contributed by atoms with Gasteiger partial charge in [0.1, 0.15) is 11.3 Å². The highest BCUT2D eigenvalue weighted by Gasteiger charge is 2.71. The second-order valence-corrected chi connectivity index (χ2v) is 11.9. The van der Waals surface area contributed by atoms with Crippen LogP contribution < -0.4 is 9.25 Å². The molecule has 1 atom stereocenters. The van der Waals surface area contributed by atoms with Gasteiger partial charge >= 0.3 is 5.66 Å². The fourth-order valence-electron chi connectivity index (χ4n) is 8.28. The molecule has 8 aromatic rings. The number of nitrogens with zero attached hydrogens (tertiary/aromatic N) is 4. The van der Waals surface area contributed by atoms with Crippen LogP contribution in [0, 0.1) is 0 Å². The van der Waals surface area contributed by atoms with Crippen molar-refractivity contribution in [3.63, 3.8) is 0 Å². The van der Waals surface area contributed by atoms with Gasteiger partial charge < -0.3 is 4.57 Å². The molecule has 198 valence electrons. The zero-order chi connectivity index (χ0) is 27.9. The molecule has 0 bridgehead atoms. The molecule has 0 N–H and O–H groups in total. The molecule has 0 radical (unpaired) electrons. The number of pyridine rings is 1. The van der Waals surface area contributed by atoms with Gasteiger partial charge in [-0.05, 0) is 57.8 Å². The van der Waals surface area contributed by atoms with Crippen LogP contribution in [0.3, 0.4) is 0 Å². The Morgan fingerprint density at radius 3 is 2.19 bits per heavy atom. The summed E-state index contributed by atoms with van der Waals surface area (Å²) in [6, 6.07) is 46.5. The first-order chi connectivity index (χ1) is 21.3. The molecule has 3 aliphatic rings. The summed E-state index contributed by atoms with van der Waals surface area (Å²) in [5.41, 5.74) is 14.6. The average Bonchev–Trinajstić information content (AvgIpc) is 3.80. The number of benzene rings is 5. The topological polar surface area (TPSA) is 17.6 Å². The van der Waals surface area contributed by atoms with Gasteiger partial charge in [0.05, 0.1) is 34.0 Å². The summed E-state index contributed by atoms with van der Waals surface area (Å²) < 4.78 is 9.89. The third-order valence-corrected chi connectivity index (χ3v) is 9.94. The minimum atomic E-state index is -0.524. The molecule has 3 aromatic heterocycles. The highest BCUT2D eigenvalue weighted by molar-refractivity contribution is 6.12. The van der Waals surface area contributed by atoms with Gasteiger partial charge in [-0.25, -0.2) is 0 Å². The zero-order valence-corrected chi connectivity index (χ0v) is 23.1. The summed E-state index contributed by atoms with van der Waals surface area (Å²) in [7, 11) is 0. The Morgan fingerprint density at radius 1 is 0.535 bits per heavy atom. The van der Waals surface area contributed by atoms with E-state index in [1.807, 2.05) is 0 Å². The van der Waals surface area contributed by atoms with Gasteiger partial charge in [-0.15, -0.1) is 9.25 Å². The predicted molar refractivity (Wildman–Crippen MR) is 168 cm³/mol. The third-order valence-electron chi connectivity index (χ3n) is 9.94. The smallest absolute Gasteiger partial charge is 0.307 e. The number of hydrogen-bond donors (Lipinski definition) is 0. The lowest BCUT2D eigenvalue weighted by molar-refractivity contribution is -0.987. The second kappa shape index (κ2) is 7.36. The molecule has 4 nitrogen and oxygen atoms in total. The van der Waals surface area contributed by atoms with Gasteiger partial charge in [-0.1, -0.05) is 78.9 Å². The summed E-state index contributed by atoms with van der Waals surface area (Å²) in [5.74, 6) is 0. The Labute approximate surface area is 247 Å². The minimum Gasteiger partial charge on any atom is -0.307 e. The average molecular weight is 549 g/mol. The van der Waals surface area contributed by atoms with Gasteiger partial charge in [0.15, 0.2) is 11.8 Å². The van der Waals surface area contributed by atoms with Crippen LogP contribution in [0.5, 0.6) is 0 Å². The standard InChI is InChI=1S/C39H24N4/c1-2-9-25(10-3-1)26-16-18-27(19-17-26)28-23-41-34-21-20-30-29-11-4-5-14-33(29)43-35-15-8-12-31-32-13-6-7-22-40(32)39(36(31)35,42(41)24-28)37(34)38(30)43/h1-24H/q+2.